The summed E-state index contributed by atoms with van der Waals surface area (Å²) >= 11 is 3.43. The molecule has 0 aliphatic rings. The molecular weight excluding hydrogens is 280 g/mol. The molecule has 0 fully saturated rings. The van der Waals surface area contributed by atoms with Crippen LogP contribution in [-0.4, -0.2) is 10.1 Å². The van der Waals surface area contributed by atoms with Crippen LogP contribution in [0.25, 0.3) is 0 Å². The van der Waals surface area contributed by atoms with Crippen LogP contribution in [0.5, 0.6) is 0 Å². The number of aryl methyl sites for hydroxylation is 1. The Balaban J connectivity index is 2.40. The predicted molar refractivity (Wildman–Crippen MR) is 71.6 cm³/mol. The molecule has 3 nitrogen and oxygen atoms in total. The lowest BCUT2D eigenvalue weighted by molar-refractivity contribution is 0.220. The van der Waals surface area contributed by atoms with Crippen LogP contribution in [0.1, 0.15) is 22.8 Å². The third-order valence-electron chi connectivity index (χ3n) is 2.66. The highest BCUT2D eigenvalue weighted by Gasteiger charge is 2.14. The number of nitrogens with two attached hydrogens (primary N) is 1. The summed E-state index contributed by atoms with van der Waals surface area (Å²) in [5, 5.41) is 10.3. The zero-order chi connectivity index (χ0) is 12.4. The van der Waals surface area contributed by atoms with Crippen molar-refractivity contribution in [3.8, 4) is 0 Å². The second-order valence-electron chi connectivity index (χ2n) is 3.89. The maximum atomic E-state index is 10.3. The number of aromatic nitrogens is 1. The third kappa shape index (κ3) is 2.48. The molecule has 4 heteroatoms. The molecule has 3 N–H and O–H groups in total. The SMILES string of the molecule is Cc1cc(C(O)c2cccnc2N)ccc1Br. The fourth-order valence-corrected chi connectivity index (χ4v) is 1.93. The lowest BCUT2D eigenvalue weighted by Gasteiger charge is -2.14. The summed E-state index contributed by atoms with van der Waals surface area (Å²) in [4.78, 5) is 3.97. The van der Waals surface area contributed by atoms with Crippen molar-refractivity contribution in [1.29, 1.82) is 0 Å². The zero-order valence-electron chi connectivity index (χ0n) is 9.39. The third-order valence-corrected chi connectivity index (χ3v) is 3.55. The highest BCUT2D eigenvalue weighted by Crippen LogP contribution is 2.27. The molecule has 0 aliphatic heterocycles. The fraction of sp³-hybridized carbons (Fsp3) is 0.154. The summed E-state index contributed by atoms with van der Waals surface area (Å²) in [6.45, 7) is 1.98. The minimum atomic E-state index is -0.740. The number of aliphatic hydroxyl groups excluding tert-OH is 1. The number of aliphatic hydroxyl groups is 1. The predicted octanol–water partition coefficient (Wildman–Crippen LogP) is 2.82. The first kappa shape index (κ1) is 12.1. The number of nitrogen functional groups attached to an aromatic ring is 1. The molecule has 1 atom stereocenters. The van der Waals surface area contributed by atoms with Crippen LogP contribution in [0.4, 0.5) is 5.82 Å². The summed E-state index contributed by atoms with van der Waals surface area (Å²) in [5.41, 5.74) is 8.26. The number of hydrogen-bond acceptors (Lipinski definition) is 3. The quantitative estimate of drug-likeness (QED) is 0.895. The summed E-state index contributed by atoms with van der Waals surface area (Å²) in [6, 6.07) is 9.26. The van der Waals surface area contributed by atoms with Crippen molar-refractivity contribution >= 4 is 21.7 Å². The first-order chi connectivity index (χ1) is 8.09. The van der Waals surface area contributed by atoms with Gasteiger partial charge >= 0.3 is 0 Å². The van der Waals surface area contributed by atoms with Crippen LogP contribution in [0, 0.1) is 6.92 Å². The standard InChI is InChI=1S/C13H13BrN2O/c1-8-7-9(4-5-11(8)14)12(17)10-3-2-6-16-13(10)15/h2-7,12,17H,1H3,(H2,15,16). The van der Waals surface area contributed by atoms with Crippen molar-refractivity contribution in [2.45, 2.75) is 13.0 Å². The van der Waals surface area contributed by atoms with Crippen LogP contribution in [0.3, 0.4) is 0 Å². The Morgan fingerprint density at radius 2 is 2.12 bits per heavy atom. The summed E-state index contributed by atoms with van der Waals surface area (Å²) < 4.78 is 1.02. The van der Waals surface area contributed by atoms with Gasteiger partial charge in [-0.25, -0.2) is 4.98 Å². The first-order valence-corrected chi connectivity index (χ1v) is 6.03. The molecule has 0 spiro atoms. The van der Waals surface area contributed by atoms with E-state index in [0.29, 0.717) is 11.4 Å². The molecule has 0 bridgehead atoms. The zero-order valence-corrected chi connectivity index (χ0v) is 11.0. The Kier molecular flexibility index (Phi) is 3.45. The van der Waals surface area contributed by atoms with Gasteiger partial charge in [-0.1, -0.05) is 34.1 Å². The highest BCUT2D eigenvalue weighted by atomic mass is 79.9. The monoisotopic (exact) mass is 292 g/mol. The molecule has 0 aliphatic carbocycles. The largest absolute Gasteiger partial charge is 0.384 e. The summed E-state index contributed by atoms with van der Waals surface area (Å²) in [5.74, 6) is 0.362. The van der Waals surface area contributed by atoms with Crippen LogP contribution < -0.4 is 5.73 Å². The molecule has 1 unspecified atom stereocenters. The number of nitrogens with zero attached hydrogens (tertiary/aromatic N) is 1. The van der Waals surface area contributed by atoms with Gasteiger partial charge in [-0.3, -0.25) is 0 Å². The number of pyridine rings is 1. The van der Waals surface area contributed by atoms with Gasteiger partial charge in [0.25, 0.3) is 0 Å². The minimum absolute atomic E-state index is 0.362. The topological polar surface area (TPSA) is 59.1 Å². The summed E-state index contributed by atoms with van der Waals surface area (Å²) in [7, 11) is 0. The summed E-state index contributed by atoms with van der Waals surface area (Å²) in [6.07, 6.45) is 0.869. The van der Waals surface area contributed by atoms with Gasteiger partial charge in [0.15, 0.2) is 0 Å². The van der Waals surface area contributed by atoms with E-state index in [-0.39, 0.29) is 0 Å². The molecule has 17 heavy (non-hydrogen) atoms. The van der Waals surface area contributed by atoms with Crippen molar-refractivity contribution in [2.24, 2.45) is 0 Å². The molecule has 1 heterocycles. The van der Waals surface area contributed by atoms with Gasteiger partial charge in [-0.15, -0.1) is 0 Å². The van der Waals surface area contributed by atoms with Crippen LogP contribution in [-0.2, 0) is 0 Å². The normalized spacial score (nSPS) is 12.4. The van der Waals surface area contributed by atoms with E-state index in [2.05, 4.69) is 20.9 Å². The van der Waals surface area contributed by atoms with E-state index in [1.807, 2.05) is 25.1 Å². The molecule has 2 aromatic rings. The fourth-order valence-electron chi connectivity index (χ4n) is 1.68. The Morgan fingerprint density at radius 3 is 2.76 bits per heavy atom. The molecule has 88 valence electrons. The number of benzene rings is 1. The van der Waals surface area contributed by atoms with Crippen LogP contribution in [0.2, 0.25) is 0 Å². The highest BCUT2D eigenvalue weighted by molar-refractivity contribution is 9.10. The van der Waals surface area contributed by atoms with E-state index < -0.39 is 6.10 Å². The second kappa shape index (κ2) is 4.85. The van der Waals surface area contributed by atoms with E-state index in [9.17, 15) is 5.11 Å². The average molecular weight is 293 g/mol. The van der Waals surface area contributed by atoms with Gasteiger partial charge in [0.2, 0.25) is 0 Å². The first-order valence-electron chi connectivity index (χ1n) is 5.24. The van der Waals surface area contributed by atoms with E-state index in [1.54, 1.807) is 18.3 Å². The van der Waals surface area contributed by atoms with E-state index in [4.69, 9.17) is 5.73 Å². The van der Waals surface area contributed by atoms with Gasteiger partial charge in [0.1, 0.15) is 11.9 Å². The number of halogens is 1. The van der Waals surface area contributed by atoms with Crippen molar-refractivity contribution in [3.63, 3.8) is 0 Å². The molecule has 2 rings (SSSR count). The lowest BCUT2D eigenvalue weighted by Crippen LogP contribution is -2.05. The maximum absolute atomic E-state index is 10.3. The molecule has 1 aromatic heterocycles. The number of anilines is 1. The number of rotatable bonds is 2. The van der Waals surface area contributed by atoms with E-state index >= 15 is 0 Å². The van der Waals surface area contributed by atoms with Crippen LogP contribution in [0.15, 0.2) is 41.0 Å². The van der Waals surface area contributed by atoms with Gasteiger partial charge in [0.05, 0.1) is 0 Å². The lowest BCUT2D eigenvalue weighted by atomic mass is 10.0. The van der Waals surface area contributed by atoms with E-state index in [0.717, 1.165) is 15.6 Å². The van der Waals surface area contributed by atoms with Gasteiger partial charge in [0, 0.05) is 16.2 Å². The van der Waals surface area contributed by atoms with Gasteiger partial charge < -0.3 is 10.8 Å². The van der Waals surface area contributed by atoms with Crippen molar-refractivity contribution in [3.05, 3.63) is 57.7 Å². The Hall–Kier alpha value is -1.39. The Morgan fingerprint density at radius 1 is 1.35 bits per heavy atom. The van der Waals surface area contributed by atoms with Crippen molar-refractivity contribution in [2.75, 3.05) is 5.73 Å². The molecule has 0 saturated heterocycles. The molecule has 0 amide bonds. The molecule has 1 aromatic carbocycles. The minimum Gasteiger partial charge on any atom is -0.384 e. The molecule has 0 saturated carbocycles. The Labute approximate surface area is 108 Å². The number of hydrogen-bond donors (Lipinski definition) is 2. The van der Waals surface area contributed by atoms with Crippen molar-refractivity contribution in [1.82, 2.24) is 4.98 Å². The average Bonchev–Trinajstić information content (AvgIpc) is 2.32. The van der Waals surface area contributed by atoms with Crippen molar-refractivity contribution < 1.29 is 5.11 Å². The second-order valence-corrected chi connectivity index (χ2v) is 4.74. The van der Waals surface area contributed by atoms with Gasteiger partial charge in [-0.2, -0.15) is 0 Å². The Bertz CT molecular complexity index is 543. The van der Waals surface area contributed by atoms with Gasteiger partial charge in [-0.05, 0) is 30.2 Å². The maximum Gasteiger partial charge on any atom is 0.129 e. The smallest absolute Gasteiger partial charge is 0.129 e. The van der Waals surface area contributed by atoms with E-state index in [1.165, 1.54) is 0 Å². The molecule has 0 radical (unpaired) electrons. The molecular formula is C13H13BrN2O. The van der Waals surface area contributed by atoms with Crippen LogP contribution >= 0.6 is 15.9 Å².